The van der Waals surface area contributed by atoms with E-state index < -0.39 is 0 Å². The summed E-state index contributed by atoms with van der Waals surface area (Å²) in [6.07, 6.45) is 5.72. The summed E-state index contributed by atoms with van der Waals surface area (Å²) in [6, 6.07) is 0. The van der Waals surface area contributed by atoms with Crippen LogP contribution >= 0.6 is 0 Å². The Bertz CT molecular complexity index is 250. The van der Waals surface area contributed by atoms with Gasteiger partial charge >= 0.3 is 11.9 Å². The minimum Gasteiger partial charge on any atom is -0.469 e. The van der Waals surface area contributed by atoms with E-state index in [0.29, 0.717) is 0 Å². The Morgan fingerprint density at radius 3 is 2.22 bits per heavy atom. The molecule has 0 fully saturated rings. The second-order valence-electron chi connectivity index (χ2n) is 4.74. The van der Waals surface area contributed by atoms with Gasteiger partial charge in [-0.3, -0.25) is 9.59 Å². The molecule has 18 heavy (non-hydrogen) atoms. The highest BCUT2D eigenvalue weighted by Crippen LogP contribution is 2.23. The third-order valence-electron chi connectivity index (χ3n) is 3.32. The zero-order valence-electron chi connectivity index (χ0n) is 12.0. The quantitative estimate of drug-likeness (QED) is 0.471. The third kappa shape index (κ3) is 6.62. The van der Waals surface area contributed by atoms with Gasteiger partial charge in [-0.1, -0.05) is 39.5 Å². The molecule has 0 amide bonds. The van der Waals surface area contributed by atoms with E-state index in [-0.39, 0.29) is 30.2 Å². The number of rotatable bonds is 9. The second kappa shape index (κ2) is 9.92. The first-order chi connectivity index (χ1) is 8.56. The van der Waals surface area contributed by atoms with Gasteiger partial charge in [0.25, 0.3) is 0 Å². The predicted octanol–water partition coefficient (Wildman–Crippen LogP) is 2.95. The van der Waals surface area contributed by atoms with Gasteiger partial charge in [0.05, 0.1) is 26.6 Å². The van der Waals surface area contributed by atoms with E-state index in [2.05, 4.69) is 11.7 Å². The number of hydrogen-bond donors (Lipinski definition) is 0. The minimum atomic E-state index is -0.385. The van der Waals surface area contributed by atoms with Crippen molar-refractivity contribution >= 4 is 11.9 Å². The standard InChI is InChI=1S/C14H26O4/c1-5-6-7-8-9-11(2)12(14(16)18-4)10-13(15)17-3/h11-12H,5-10H2,1-4H3. The zero-order chi connectivity index (χ0) is 14.0. The molecule has 0 radical (unpaired) electrons. The summed E-state index contributed by atoms with van der Waals surface area (Å²) in [5, 5.41) is 0. The number of esters is 2. The van der Waals surface area contributed by atoms with Crippen molar-refractivity contribution < 1.29 is 19.1 Å². The zero-order valence-corrected chi connectivity index (χ0v) is 12.0. The molecule has 0 saturated carbocycles. The van der Waals surface area contributed by atoms with Crippen molar-refractivity contribution in [2.45, 2.75) is 52.4 Å². The molecule has 4 heteroatoms. The Hall–Kier alpha value is -1.06. The molecule has 0 aromatic heterocycles. The maximum atomic E-state index is 11.7. The fraction of sp³-hybridized carbons (Fsp3) is 0.857. The topological polar surface area (TPSA) is 52.6 Å². The Labute approximate surface area is 110 Å². The van der Waals surface area contributed by atoms with E-state index in [1.807, 2.05) is 6.92 Å². The maximum absolute atomic E-state index is 11.7. The molecule has 0 spiro atoms. The van der Waals surface area contributed by atoms with Crippen molar-refractivity contribution in [3.63, 3.8) is 0 Å². The number of methoxy groups -OCH3 is 2. The van der Waals surface area contributed by atoms with Gasteiger partial charge in [-0.25, -0.2) is 0 Å². The van der Waals surface area contributed by atoms with Gasteiger partial charge in [0, 0.05) is 0 Å². The van der Waals surface area contributed by atoms with E-state index >= 15 is 0 Å². The van der Waals surface area contributed by atoms with Crippen LogP contribution in [0.4, 0.5) is 0 Å². The van der Waals surface area contributed by atoms with E-state index in [0.717, 1.165) is 12.8 Å². The van der Waals surface area contributed by atoms with Gasteiger partial charge in [-0.2, -0.15) is 0 Å². The Balaban J connectivity index is 4.27. The van der Waals surface area contributed by atoms with Gasteiger partial charge in [0.1, 0.15) is 0 Å². The lowest BCUT2D eigenvalue weighted by atomic mass is 9.87. The highest BCUT2D eigenvalue weighted by molar-refractivity contribution is 5.80. The first-order valence-electron chi connectivity index (χ1n) is 6.71. The fourth-order valence-corrected chi connectivity index (χ4v) is 2.03. The van der Waals surface area contributed by atoms with E-state index in [9.17, 15) is 9.59 Å². The molecule has 4 nitrogen and oxygen atoms in total. The first-order valence-corrected chi connectivity index (χ1v) is 6.71. The van der Waals surface area contributed by atoms with Gasteiger partial charge in [0.15, 0.2) is 0 Å². The second-order valence-corrected chi connectivity index (χ2v) is 4.74. The molecule has 0 aliphatic rings. The van der Waals surface area contributed by atoms with E-state index in [4.69, 9.17) is 4.74 Å². The Kier molecular flexibility index (Phi) is 9.33. The van der Waals surface area contributed by atoms with Crippen LogP contribution in [0.5, 0.6) is 0 Å². The summed E-state index contributed by atoms with van der Waals surface area (Å²) in [4.78, 5) is 23.0. The molecular weight excluding hydrogens is 232 g/mol. The lowest BCUT2D eigenvalue weighted by Crippen LogP contribution is -2.26. The van der Waals surface area contributed by atoms with Crippen molar-refractivity contribution in [1.29, 1.82) is 0 Å². The Morgan fingerprint density at radius 1 is 1.06 bits per heavy atom. The summed E-state index contributed by atoms with van der Waals surface area (Å²) in [7, 11) is 2.69. The molecule has 2 atom stereocenters. The van der Waals surface area contributed by atoms with Gasteiger partial charge in [-0.15, -0.1) is 0 Å². The van der Waals surface area contributed by atoms with Gasteiger partial charge < -0.3 is 9.47 Å². The molecule has 0 bridgehead atoms. The van der Waals surface area contributed by atoms with Gasteiger partial charge in [-0.05, 0) is 12.3 Å². The number of hydrogen-bond acceptors (Lipinski definition) is 4. The molecule has 0 heterocycles. The SMILES string of the molecule is CCCCCCC(C)C(CC(=O)OC)C(=O)OC. The fourth-order valence-electron chi connectivity index (χ4n) is 2.03. The third-order valence-corrected chi connectivity index (χ3v) is 3.32. The van der Waals surface area contributed by atoms with Crippen LogP contribution in [0.15, 0.2) is 0 Å². The molecule has 106 valence electrons. The van der Waals surface area contributed by atoms with Gasteiger partial charge in [0.2, 0.25) is 0 Å². The highest BCUT2D eigenvalue weighted by Gasteiger charge is 2.28. The van der Waals surface area contributed by atoms with Crippen molar-refractivity contribution in [3.05, 3.63) is 0 Å². The molecule has 2 unspecified atom stereocenters. The summed E-state index contributed by atoms with van der Waals surface area (Å²) in [5.41, 5.74) is 0. The average Bonchev–Trinajstić information content (AvgIpc) is 2.39. The lowest BCUT2D eigenvalue weighted by molar-refractivity contribution is -0.154. The number of carbonyl (C=O) groups is 2. The van der Waals surface area contributed by atoms with Crippen LogP contribution in [0.2, 0.25) is 0 Å². The monoisotopic (exact) mass is 258 g/mol. The number of carbonyl (C=O) groups excluding carboxylic acids is 2. The summed E-state index contributed by atoms with van der Waals surface area (Å²) in [5.74, 6) is -0.910. The minimum absolute atomic E-state index is 0.109. The molecular formula is C14H26O4. The van der Waals surface area contributed by atoms with Crippen LogP contribution < -0.4 is 0 Å². The smallest absolute Gasteiger partial charge is 0.309 e. The number of unbranched alkanes of at least 4 members (excludes halogenated alkanes) is 3. The average molecular weight is 258 g/mol. The van der Waals surface area contributed by atoms with Crippen molar-refractivity contribution in [1.82, 2.24) is 0 Å². The summed E-state index contributed by atoms with van der Waals surface area (Å²) < 4.78 is 9.38. The summed E-state index contributed by atoms with van der Waals surface area (Å²) >= 11 is 0. The van der Waals surface area contributed by atoms with Crippen molar-refractivity contribution in [2.24, 2.45) is 11.8 Å². The predicted molar refractivity (Wildman–Crippen MR) is 70.1 cm³/mol. The van der Waals surface area contributed by atoms with Crippen LogP contribution in [0, 0.1) is 11.8 Å². The van der Waals surface area contributed by atoms with Crippen molar-refractivity contribution in [3.8, 4) is 0 Å². The molecule has 0 aromatic rings. The van der Waals surface area contributed by atoms with Crippen LogP contribution in [0.1, 0.15) is 52.4 Å². The molecule has 0 rings (SSSR count). The Morgan fingerprint density at radius 2 is 1.72 bits per heavy atom. The van der Waals surface area contributed by atoms with E-state index in [1.165, 1.54) is 33.5 Å². The first kappa shape index (κ1) is 16.9. The number of ether oxygens (including phenoxy) is 2. The lowest BCUT2D eigenvalue weighted by Gasteiger charge is -2.20. The molecule has 0 saturated heterocycles. The van der Waals surface area contributed by atoms with E-state index in [1.54, 1.807) is 0 Å². The molecule has 0 aromatic carbocycles. The van der Waals surface area contributed by atoms with Crippen LogP contribution in [0.3, 0.4) is 0 Å². The molecule has 0 aliphatic carbocycles. The summed E-state index contributed by atoms with van der Waals surface area (Å²) in [6.45, 7) is 4.16. The normalized spacial score (nSPS) is 13.8. The maximum Gasteiger partial charge on any atom is 0.309 e. The largest absolute Gasteiger partial charge is 0.469 e. The van der Waals surface area contributed by atoms with Crippen LogP contribution in [-0.4, -0.2) is 26.2 Å². The molecule has 0 aliphatic heterocycles. The van der Waals surface area contributed by atoms with Crippen LogP contribution in [-0.2, 0) is 19.1 Å². The van der Waals surface area contributed by atoms with Crippen LogP contribution in [0.25, 0.3) is 0 Å². The van der Waals surface area contributed by atoms with Crippen molar-refractivity contribution in [2.75, 3.05) is 14.2 Å². The highest BCUT2D eigenvalue weighted by atomic mass is 16.5. The molecule has 0 N–H and O–H groups in total.